The number of hydrogen-bond donors (Lipinski definition) is 1. The van der Waals surface area contributed by atoms with Crippen LogP contribution < -0.4 is 5.32 Å². The third-order valence-electron chi connectivity index (χ3n) is 2.83. The van der Waals surface area contributed by atoms with E-state index in [4.69, 9.17) is 0 Å². The van der Waals surface area contributed by atoms with Crippen molar-refractivity contribution in [3.8, 4) is 0 Å². The molecule has 1 atom stereocenters. The molecule has 0 fully saturated rings. The van der Waals surface area contributed by atoms with Gasteiger partial charge in [0.05, 0.1) is 4.47 Å². The number of nitrogens with one attached hydrogen (secondary N) is 1. The van der Waals surface area contributed by atoms with Crippen molar-refractivity contribution in [2.24, 2.45) is 0 Å². The van der Waals surface area contributed by atoms with Gasteiger partial charge in [-0.2, -0.15) is 0 Å². The van der Waals surface area contributed by atoms with E-state index in [2.05, 4.69) is 26.2 Å². The highest BCUT2D eigenvalue weighted by atomic mass is 79.9. The van der Waals surface area contributed by atoms with Crippen LogP contribution in [0.4, 0.5) is 4.39 Å². The highest BCUT2D eigenvalue weighted by molar-refractivity contribution is 9.10. The molecule has 2 aromatic rings. The normalized spacial score (nSPS) is 12.4. The number of aromatic nitrogens is 1. The smallest absolute Gasteiger partial charge is 0.137 e. The van der Waals surface area contributed by atoms with E-state index < -0.39 is 0 Å². The van der Waals surface area contributed by atoms with E-state index in [1.807, 2.05) is 25.2 Å². The van der Waals surface area contributed by atoms with E-state index >= 15 is 0 Å². The van der Waals surface area contributed by atoms with Crippen LogP contribution in [-0.2, 0) is 6.42 Å². The molecule has 1 aromatic heterocycles. The third kappa shape index (κ3) is 3.15. The largest absolute Gasteiger partial charge is 0.313 e. The highest BCUT2D eigenvalue weighted by Crippen LogP contribution is 2.23. The molecule has 0 aliphatic heterocycles. The molecule has 0 saturated heterocycles. The van der Waals surface area contributed by atoms with E-state index in [9.17, 15) is 4.39 Å². The average molecular weight is 309 g/mol. The van der Waals surface area contributed by atoms with Crippen LogP contribution in [0.15, 0.2) is 47.1 Å². The summed E-state index contributed by atoms with van der Waals surface area (Å²) >= 11 is 3.21. The summed E-state index contributed by atoms with van der Waals surface area (Å²) in [6.45, 7) is 0. The van der Waals surface area contributed by atoms with Crippen molar-refractivity contribution in [3.05, 3.63) is 64.1 Å². The number of benzene rings is 1. The molecule has 1 heterocycles. The van der Waals surface area contributed by atoms with Gasteiger partial charge in [-0.05, 0) is 52.8 Å². The van der Waals surface area contributed by atoms with E-state index in [1.165, 1.54) is 6.07 Å². The van der Waals surface area contributed by atoms with Crippen LogP contribution >= 0.6 is 15.9 Å². The lowest BCUT2D eigenvalue weighted by Crippen LogP contribution is -2.19. The summed E-state index contributed by atoms with van der Waals surface area (Å²) < 4.78 is 13.7. The third-order valence-corrected chi connectivity index (χ3v) is 3.44. The number of likely N-dealkylation sites (N-methyl/N-ethyl adjacent to an activating group) is 1. The molecule has 0 aliphatic carbocycles. The summed E-state index contributed by atoms with van der Waals surface area (Å²) in [5, 5.41) is 3.23. The van der Waals surface area contributed by atoms with Gasteiger partial charge in [-0.1, -0.05) is 12.1 Å². The lowest BCUT2D eigenvalue weighted by Gasteiger charge is -2.16. The standard InChI is InChI=1S/C14H14BrFN2/c1-17-14(9-11-4-2-3-7-18-11)10-5-6-13(16)12(15)8-10/h2-8,14,17H,9H2,1H3. The Hall–Kier alpha value is -1.26. The van der Waals surface area contributed by atoms with Crippen LogP contribution in [0.1, 0.15) is 17.3 Å². The van der Waals surface area contributed by atoms with Gasteiger partial charge >= 0.3 is 0 Å². The zero-order valence-electron chi connectivity index (χ0n) is 10.0. The van der Waals surface area contributed by atoms with Crippen molar-refractivity contribution >= 4 is 15.9 Å². The monoisotopic (exact) mass is 308 g/mol. The molecule has 18 heavy (non-hydrogen) atoms. The van der Waals surface area contributed by atoms with Crippen molar-refractivity contribution in [2.75, 3.05) is 7.05 Å². The topological polar surface area (TPSA) is 24.9 Å². The fourth-order valence-electron chi connectivity index (χ4n) is 1.84. The first-order chi connectivity index (χ1) is 8.70. The minimum atomic E-state index is -0.244. The molecule has 1 unspecified atom stereocenters. The van der Waals surface area contributed by atoms with Gasteiger partial charge in [0.15, 0.2) is 0 Å². The van der Waals surface area contributed by atoms with Gasteiger partial charge in [-0.25, -0.2) is 4.39 Å². The number of hydrogen-bond acceptors (Lipinski definition) is 2. The number of pyridine rings is 1. The summed E-state index contributed by atoms with van der Waals surface area (Å²) in [5.74, 6) is -0.244. The minimum absolute atomic E-state index is 0.122. The van der Waals surface area contributed by atoms with E-state index in [-0.39, 0.29) is 11.9 Å². The average Bonchev–Trinajstić information content (AvgIpc) is 2.40. The fraction of sp³-hybridized carbons (Fsp3) is 0.214. The Morgan fingerprint density at radius 3 is 2.78 bits per heavy atom. The lowest BCUT2D eigenvalue weighted by molar-refractivity contribution is 0.577. The molecule has 2 nitrogen and oxygen atoms in total. The molecular formula is C14H14BrFN2. The Labute approximate surface area is 114 Å². The maximum absolute atomic E-state index is 13.2. The van der Waals surface area contributed by atoms with Crippen molar-refractivity contribution < 1.29 is 4.39 Å². The maximum atomic E-state index is 13.2. The van der Waals surface area contributed by atoms with Crippen LogP contribution in [0.25, 0.3) is 0 Å². The van der Waals surface area contributed by atoms with Gasteiger partial charge in [0.1, 0.15) is 5.82 Å². The van der Waals surface area contributed by atoms with Gasteiger partial charge in [0, 0.05) is 24.4 Å². The van der Waals surface area contributed by atoms with Gasteiger partial charge in [-0.3, -0.25) is 4.98 Å². The van der Waals surface area contributed by atoms with Crippen LogP contribution in [0.2, 0.25) is 0 Å². The second-order valence-electron chi connectivity index (χ2n) is 4.04. The Bertz CT molecular complexity index is 516. The lowest BCUT2D eigenvalue weighted by atomic mass is 10.0. The second-order valence-corrected chi connectivity index (χ2v) is 4.89. The number of halogens is 2. The van der Waals surface area contributed by atoms with Crippen molar-refractivity contribution in [1.82, 2.24) is 10.3 Å². The zero-order valence-corrected chi connectivity index (χ0v) is 11.6. The number of rotatable bonds is 4. The molecule has 1 aromatic carbocycles. The molecule has 0 spiro atoms. The molecule has 0 saturated carbocycles. The molecule has 4 heteroatoms. The highest BCUT2D eigenvalue weighted by Gasteiger charge is 2.12. The molecule has 0 aliphatic rings. The van der Waals surface area contributed by atoms with E-state index in [0.29, 0.717) is 4.47 Å². The first-order valence-corrected chi connectivity index (χ1v) is 6.52. The Balaban J connectivity index is 2.20. The first-order valence-electron chi connectivity index (χ1n) is 5.73. The molecule has 0 radical (unpaired) electrons. The minimum Gasteiger partial charge on any atom is -0.313 e. The Morgan fingerprint density at radius 1 is 1.33 bits per heavy atom. The maximum Gasteiger partial charge on any atom is 0.137 e. The van der Waals surface area contributed by atoms with Gasteiger partial charge in [0.25, 0.3) is 0 Å². The molecule has 0 amide bonds. The van der Waals surface area contributed by atoms with Crippen molar-refractivity contribution in [3.63, 3.8) is 0 Å². The second kappa shape index (κ2) is 6.07. The van der Waals surface area contributed by atoms with Gasteiger partial charge in [0.2, 0.25) is 0 Å². The van der Waals surface area contributed by atoms with Crippen molar-refractivity contribution in [1.29, 1.82) is 0 Å². The molecular weight excluding hydrogens is 295 g/mol. The van der Waals surface area contributed by atoms with Crippen LogP contribution in [0.5, 0.6) is 0 Å². The van der Waals surface area contributed by atoms with Gasteiger partial charge in [-0.15, -0.1) is 0 Å². The molecule has 1 N–H and O–H groups in total. The first kappa shape index (κ1) is 13.2. The van der Waals surface area contributed by atoms with E-state index in [1.54, 1.807) is 18.3 Å². The fourth-order valence-corrected chi connectivity index (χ4v) is 2.24. The quantitative estimate of drug-likeness (QED) is 0.935. The molecule has 0 bridgehead atoms. The summed E-state index contributed by atoms with van der Waals surface area (Å²) in [6.07, 6.45) is 2.55. The SMILES string of the molecule is CNC(Cc1ccccn1)c1ccc(F)c(Br)c1. The molecule has 2 rings (SSSR count). The predicted molar refractivity (Wildman–Crippen MR) is 73.8 cm³/mol. The van der Waals surface area contributed by atoms with Crippen LogP contribution in [-0.4, -0.2) is 12.0 Å². The summed E-state index contributed by atoms with van der Waals surface area (Å²) in [6, 6.07) is 11.0. The Morgan fingerprint density at radius 2 is 2.17 bits per heavy atom. The predicted octanol–water partition coefficient (Wildman–Crippen LogP) is 3.49. The molecule has 94 valence electrons. The van der Waals surface area contributed by atoms with Crippen molar-refractivity contribution in [2.45, 2.75) is 12.5 Å². The van der Waals surface area contributed by atoms with E-state index in [0.717, 1.165) is 17.7 Å². The Kier molecular flexibility index (Phi) is 4.44. The summed E-state index contributed by atoms with van der Waals surface area (Å²) in [5.41, 5.74) is 2.05. The van der Waals surface area contributed by atoms with Crippen LogP contribution in [0, 0.1) is 5.82 Å². The number of nitrogens with zero attached hydrogens (tertiary/aromatic N) is 1. The zero-order chi connectivity index (χ0) is 13.0. The van der Waals surface area contributed by atoms with Crippen LogP contribution in [0.3, 0.4) is 0 Å². The van der Waals surface area contributed by atoms with Gasteiger partial charge < -0.3 is 5.32 Å². The summed E-state index contributed by atoms with van der Waals surface area (Å²) in [4.78, 5) is 4.31. The summed E-state index contributed by atoms with van der Waals surface area (Å²) in [7, 11) is 1.89.